The van der Waals surface area contributed by atoms with Crippen molar-refractivity contribution < 1.29 is 9.32 Å². The van der Waals surface area contributed by atoms with E-state index in [4.69, 9.17) is 16.1 Å². The second-order valence-electron chi connectivity index (χ2n) is 6.30. The molecule has 3 aliphatic heterocycles. The van der Waals surface area contributed by atoms with E-state index in [0.29, 0.717) is 22.4 Å². The van der Waals surface area contributed by atoms with Gasteiger partial charge < -0.3 is 14.7 Å². The van der Waals surface area contributed by atoms with Gasteiger partial charge in [0.2, 0.25) is 0 Å². The van der Waals surface area contributed by atoms with Crippen LogP contribution in [0.25, 0.3) is 11.3 Å². The average molecular weight is 332 g/mol. The first-order valence-electron chi connectivity index (χ1n) is 7.95. The van der Waals surface area contributed by atoms with Crippen molar-refractivity contribution in [2.24, 2.45) is 5.92 Å². The third-order valence-electron chi connectivity index (χ3n) is 4.84. The lowest BCUT2D eigenvalue weighted by atomic mass is 9.84. The molecule has 2 aromatic rings. The molecule has 1 unspecified atom stereocenters. The fraction of sp³-hybridized carbons (Fsp3) is 0.412. The maximum atomic E-state index is 12.4. The molecular weight excluding hydrogens is 314 g/mol. The number of benzene rings is 1. The Kier molecular flexibility index (Phi) is 3.83. The summed E-state index contributed by atoms with van der Waals surface area (Å²) in [4.78, 5) is 14.8. The Hall–Kier alpha value is -1.85. The van der Waals surface area contributed by atoms with E-state index >= 15 is 0 Å². The van der Waals surface area contributed by atoms with Crippen LogP contribution in [-0.2, 0) is 0 Å². The Balaban J connectivity index is 1.46. The van der Waals surface area contributed by atoms with Gasteiger partial charge in [0, 0.05) is 29.2 Å². The molecule has 0 radical (unpaired) electrons. The first-order chi connectivity index (χ1) is 11.2. The molecule has 0 saturated carbocycles. The standard InChI is InChI=1S/C17H18ClN3O2/c18-13-3-1-12(2-4-13)16-9-14(20-23-16)17(22)19-15-10-21-7-5-11(15)6-8-21/h1-4,9,11,15H,5-8,10H2,(H,19,22). The predicted octanol–water partition coefficient (Wildman–Crippen LogP) is 2.82. The monoisotopic (exact) mass is 331 g/mol. The number of hydrogen-bond donors (Lipinski definition) is 1. The maximum absolute atomic E-state index is 12.4. The minimum absolute atomic E-state index is 0.160. The number of aromatic nitrogens is 1. The molecule has 5 nitrogen and oxygen atoms in total. The molecule has 1 aromatic carbocycles. The summed E-state index contributed by atoms with van der Waals surface area (Å²) in [6, 6.07) is 9.16. The van der Waals surface area contributed by atoms with Gasteiger partial charge in [0.15, 0.2) is 11.5 Å². The van der Waals surface area contributed by atoms with E-state index in [1.807, 2.05) is 12.1 Å². The minimum Gasteiger partial charge on any atom is -0.355 e. The van der Waals surface area contributed by atoms with Crippen LogP contribution in [0.5, 0.6) is 0 Å². The maximum Gasteiger partial charge on any atom is 0.273 e. The van der Waals surface area contributed by atoms with Gasteiger partial charge in [-0.15, -0.1) is 0 Å². The second-order valence-corrected chi connectivity index (χ2v) is 6.74. The lowest BCUT2D eigenvalue weighted by Gasteiger charge is -2.44. The number of carbonyl (C=O) groups excluding carboxylic acids is 1. The van der Waals surface area contributed by atoms with E-state index in [0.717, 1.165) is 25.2 Å². The minimum atomic E-state index is -0.160. The fourth-order valence-corrected chi connectivity index (χ4v) is 3.63. The number of piperidine rings is 3. The molecule has 1 amide bonds. The number of carbonyl (C=O) groups is 1. The first kappa shape index (κ1) is 14.7. The Morgan fingerprint density at radius 2 is 2.00 bits per heavy atom. The highest BCUT2D eigenvalue weighted by molar-refractivity contribution is 6.30. The summed E-state index contributed by atoms with van der Waals surface area (Å²) in [6.45, 7) is 3.25. The van der Waals surface area contributed by atoms with Gasteiger partial charge in [0.1, 0.15) is 0 Å². The van der Waals surface area contributed by atoms with Gasteiger partial charge >= 0.3 is 0 Å². The lowest BCUT2D eigenvalue weighted by molar-refractivity contribution is 0.0616. The lowest BCUT2D eigenvalue weighted by Crippen LogP contribution is -2.57. The highest BCUT2D eigenvalue weighted by atomic mass is 35.5. The average Bonchev–Trinajstić information content (AvgIpc) is 3.07. The van der Waals surface area contributed by atoms with Crippen molar-refractivity contribution in [3.8, 4) is 11.3 Å². The zero-order valence-corrected chi connectivity index (χ0v) is 13.4. The second kappa shape index (κ2) is 5.98. The number of nitrogens with one attached hydrogen (secondary N) is 1. The summed E-state index contributed by atoms with van der Waals surface area (Å²) >= 11 is 5.88. The van der Waals surface area contributed by atoms with Crippen LogP contribution in [-0.4, -0.2) is 41.6 Å². The number of amides is 1. The molecule has 0 aliphatic carbocycles. The van der Waals surface area contributed by atoms with Gasteiger partial charge in [0.05, 0.1) is 0 Å². The molecule has 120 valence electrons. The third-order valence-corrected chi connectivity index (χ3v) is 5.10. The Bertz CT molecular complexity index is 705. The van der Waals surface area contributed by atoms with E-state index in [1.165, 1.54) is 12.8 Å². The van der Waals surface area contributed by atoms with Gasteiger partial charge in [-0.1, -0.05) is 16.8 Å². The van der Waals surface area contributed by atoms with Gasteiger partial charge in [0.25, 0.3) is 5.91 Å². The van der Waals surface area contributed by atoms with Gasteiger partial charge in [-0.2, -0.15) is 0 Å². The normalized spacial score (nSPS) is 26.2. The number of halogens is 1. The largest absolute Gasteiger partial charge is 0.355 e. The van der Waals surface area contributed by atoms with E-state index in [-0.39, 0.29) is 11.9 Å². The summed E-state index contributed by atoms with van der Waals surface area (Å²) in [6.07, 6.45) is 2.33. The van der Waals surface area contributed by atoms with Crippen LogP contribution >= 0.6 is 11.6 Å². The van der Waals surface area contributed by atoms with E-state index in [2.05, 4.69) is 15.4 Å². The van der Waals surface area contributed by atoms with Crippen LogP contribution in [0.3, 0.4) is 0 Å². The van der Waals surface area contributed by atoms with Gasteiger partial charge in [-0.05, 0) is 56.1 Å². The van der Waals surface area contributed by atoms with Crippen molar-refractivity contribution in [2.45, 2.75) is 18.9 Å². The van der Waals surface area contributed by atoms with Crippen molar-refractivity contribution in [1.82, 2.24) is 15.4 Å². The predicted molar refractivity (Wildman–Crippen MR) is 87.4 cm³/mol. The first-order valence-corrected chi connectivity index (χ1v) is 8.33. The van der Waals surface area contributed by atoms with Crippen molar-refractivity contribution in [2.75, 3.05) is 19.6 Å². The third kappa shape index (κ3) is 2.99. The SMILES string of the molecule is O=C(NC1CN2CCC1CC2)c1cc(-c2ccc(Cl)cc2)on1. The molecule has 3 fully saturated rings. The quantitative estimate of drug-likeness (QED) is 0.939. The Labute approximate surface area is 139 Å². The van der Waals surface area contributed by atoms with E-state index in [9.17, 15) is 4.79 Å². The van der Waals surface area contributed by atoms with Crippen molar-refractivity contribution >= 4 is 17.5 Å². The summed E-state index contributed by atoms with van der Waals surface area (Å²) in [7, 11) is 0. The van der Waals surface area contributed by atoms with Crippen LogP contribution in [0.15, 0.2) is 34.9 Å². The Morgan fingerprint density at radius 3 is 2.65 bits per heavy atom. The number of hydrogen-bond acceptors (Lipinski definition) is 4. The Morgan fingerprint density at radius 1 is 1.26 bits per heavy atom. The van der Waals surface area contributed by atoms with Crippen molar-refractivity contribution in [1.29, 1.82) is 0 Å². The molecule has 0 spiro atoms. The number of rotatable bonds is 3. The molecule has 3 aliphatic rings. The molecule has 1 aromatic heterocycles. The summed E-state index contributed by atoms with van der Waals surface area (Å²) in [5, 5.41) is 7.69. The van der Waals surface area contributed by atoms with E-state index < -0.39 is 0 Å². The highest BCUT2D eigenvalue weighted by Gasteiger charge is 2.35. The zero-order valence-electron chi connectivity index (χ0n) is 12.7. The van der Waals surface area contributed by atoms with Crippen LogP contribution in [0.1, 0.15) is 23.3 Å². The fourth-order valence-electron chi connectivity index (χ4n) is 3.50. The molecule has 6 heteroatoms. The number of fused-ring (bicyclic) bond motifs is 3. The van der Waals surface area contributed by atoms with Gasteiger partial charge in [-0.3, -0.25) is 4.79 Å². The molecule has 1 atom stereocenters. The topological polar surface area (TPSA) is 58.4 Å². The summed E-state index contributed by atoms with van der Waals surface area (Å²) < 4.78 is 5.30. The van der Waals surface area contributed by atoms with Crippen LogP contribution in [0, 0.1) is 5.92 Å². The molecule has 5 rings (SSSR count). The highest BCUT2D eigenvalue weighted by Crippen LogP contribution is 2.28. The summed E-state index contributed by atoms with van der Waals surface area (Å²) in [5.41, 5.74) is 1.18. The smallest absolute Gasteiger partial charge is 0.273 e. The molecule has 2 bridgehead atoms. The molecule has 1 N–H and O–H groups in total. The molecular formula is C17H18ClN3O2. The van der Waals surface area contributed by atoms with Crippen molar-refractivity contribution in [3.63, 3.8) is 0 Å². The van der Waals surface area contributed by atoms with Crippen LogP contribution in [0.4, 0.5) is 0 Å². The molecule has 23 heavy (non-hydrogen) atoms. The molecule has 3 saturated heterocycles. The zero-order chi connectivity index (χ0) is 15.8. The molecule has 4 heterocycles. The van der Waals surface area contributed by atoms with Gasteiger partial charge in [-0.25, -0.2) is 0 Å². The van der Waals surface area contributed by atoms with Crippen LogP contribution < -0.4 is 5.32 Å². The number of nitrogens with zero attached hydrogens (tertiary/aromatic N) is 2. The summed E-state index contributed by atoms with van der Waals surface area (Å²) in [5.74, 6) is 1.00. The van der Waals surface area contributed by atoms with E-state index in [1.54, 1.807) is 18.2 Å². The van der Waals surface area contributed by atoms with Crippen LogP contribution in [0.2, 0.25) is 5.02 Å². The van der Waals surface area contributed by atoms with Crippen molar-refractivity contribution in [3.05, 3.63) is 41.0 Å².